The quantitative estimate of drug-likeness (QED) is 0.668. The summed E-state index contributed by atoms with van der Waals surface area (Å²) in [6.07, 6.45) is 8.03. The number of carbonyl (C=O) groups is 1. The predicted molar refractivity (Wildman–Crippen MR) is 102 cm³/mol. The Morgan fingerprint density at radius 2 is 1.85 bits per heavy atom. The number of aromatic nitrogens is 2. The van der Waals surface area contributed by atoms with Gasteiger partial charge in [0.1, 0.15) is 0 Å². The van der Waals surface area contributed by atoms with Crippen LogP contribution in [-0.4, -0.2) is 26.4 Å². The average molecular weight is 345 g/mol. The van der Waals surface area contributed by atoms with Crippen molar-refractivity contribution in [2.24, 2.45) is 0 Å². The molecule has 0 spiro atoms. The number of hydrogen-bond donors (Lipinski definition) is 0. The number of rotatable bonds is 6. The normalized spacial score (nSPS) is 14.8. The molecule has 1 fully saturated rings. The van der Waals surface area contributed by atoms with Crippen molar-refractivity contribution in [1.82, 2.24) is 14.5 Å². The fourth-order valence-electron chi connectivity index (χ4n) is 3.36. The van der Waals surface area contributed by atoms with E-state index in [4.69, 9.17) is 0 Å². The van der Waals surface area contributed by atoms with Crippen molar-refractivity contribution in [2.45, 2.75) is 38.4 Å². The zero-order valence-electron chi connectivity index (χ0n) is 15.0. The van der Waals surface area contributed by atoms with E-state index in [2.05, 4.69) is 16.5 Å². The van der Waals surface area contributed by atoms with Crippen LogP contribution in [0.4, 0.5) is 0 Å². The highest BCUT2D eigenvalue weighted by atomic mass is 16.2. The van der Waals surface area contributed by atoms with Crippen molar-refractivity contribution in [1.29, 1.82) is 0 Å². The molecule has 1 aliphatic carbocycles. The Bertz CT molecular complexity index is 852. The van der Waals surface area contributed by atoms with Crippen LogP contribution in [0.2, 0.25) is 0 Å². The Kier molecular flexibility index (Phi) is 4.57. The van der Waals surface area contributed by atoms with Crippen LogP contribution in [0, 0.1) is 0 Å². The van der Waals surface area contributed by atoms with Crippen molar-refractivity contribution < 1.29 is 4.79 Å². The second kappa shape index (κ2) is 7.16. The lowest BCUT2D eigenvalue weighted by Crippen LogP contribution is -2.35. The van der Waals surface area contributed by atoms with Gasteiger partial charge in [0.15, 0.2) is 0 Å². The summed E-state index contributed by atoms with van der Waals surface area (Å²) in [5.74, 6) is 0.0955. The van der Waals surface area contributed by atoms with Crippen LogP contribution in [-0.2, 0) is 6.54 Å². The summed E-state index contributed by atoms with van der Waals surface area (Å²) in [6.45, 7) is 2.89. The first-order valence-corrected chi connectivity index (χ1v) is 9.15. The van der Waals surface area contributed by atoms with Crippen molar-refractivity contribution in [3.63, 3.8) is 0 Å². The lowest BCUT2D eigenvalue weighted by Gasteiger charge is -2.29. The second-order valence-electron chi connectivity index (χ2n) is 6.93. The summed E-state index contributed by atoms with van der Waals surface area (Å²) in [5.41, 5.74) is 2.88. The number of carbonyl (C=O) groups excluding carboxylic acids is 1. The van der Waals surface area contributed by atoms with Gasteiger partial charge in [0.05, 0.1) is 11.7 Å². The molecule has 4 rings (SSSR count). The Balaban J connectivity index is 1.52. The first kappa shape index (κ1) is 16.6. The van der Waals surface area contributed by atoms with E-state index in [1.165, 1.54) is 5.56 Å². The van der Waals surface area contributed by atoms with E-state index in [0.717, 1.165) is 30.6 Å². The summed E-state index contributed by atoms with van der Waals surface area (Å²) in [7, 11) is 0. The number of amides is 1. The van der Waals surface area contributed by atoms with Gasteiger partial charge >= 0.3 is 0 Å². The fourth-order valence-corrected chi connectivity index (χ4v) is 3.36. The molecule has 2 aromatic heterocycles. The third-order valence-corrected chi connectivity index (χ3v) is 4.94. The van der Waals surface area contributed by atoms with Gasteiger partial charge < -0.3 is 9.47 Å². The van der Waals surface area contributed by atoms with E-state index >= 15 is 0 Å². The summed E-state index contributed by atoms with van der Waals surface area (Å²) < 4.78 is 2.12. The molecule has 4 heteroatoms. The molecular weight excluding hydrogens is 322 g/mol. The Labute approximate surface area is 154 Å². The molecule has 0 bridgehead atoms. The first-order valence-electron chi connectivity index (χ1n) is 9.15. The highest BCUT2D eigenvalue weighted by Crippen LogP contribution is 2.35. The lowest BCUT2D eigenvalue weighted by molar-refractivity contribution is 0.0670. The number of nitrogens with zero attached hydrogens (tertiary/aromatic N) is 3. The average Bonchev–Trinajstić information content (AvgIpc) is 3.38. The summed E-state index contributed by atoms with van der Waals surface area (Å²) in [6, 6.07) is 18.2. The van der Waals surface area contributed by atoms with E-state index in [-0.39, 0.29) is 11.9 Å². The molecule has 3 aromatic rings. The van der Waals surface area contributed by atoms with E-state index in [1.807, 2.05) is 71.9 Å². The Morgan fingerprint density at radius 1 is 1.12 bits per heavy atom. The van der Waals surface area contributed by atoms with Gasteiger partial charge in [0.25, 0.3) is 5.91 Å². The van der Waals surface area contributed by atoms with Crippen molar-refractivity contribution >= 4 is 5.91 Å². The maximum Gasteiger partial charge on any atom is 0.254 e. The fraction of sp³-hybridized carbons (Fsp3) is 0.273. The molecule has 1 atom stereocenters. The smallest absolute Gasteiger partial charge is 0.254 e. The van der Waals surface area contributed by atoms with Crippen molar-refractivity contribution in [2.75, 3.05) is 0 Å². The van der Waals surface area contributed by atoms with E-state index in [1.54, 1.807) is 6.20 Å². The Morgan fingerprint density at radius 3 is 2.46 bits per heavy atom. The highest BCUT2D eigenvalue weighted by Gasteiger charge is 2.37. The zero-order valence-corrected chi connectivity index (χ0v) is 15.0. The molecule has 26 heavy (non-hydrogen) atoms. The van der Waals surface area contributed by atoms with Gasteiger partial charge in [-0.25, -0.2) is 0 Å². The van der Waals surface area contributed by atoms with Crippen LogP contribution in [0.25, 0.3) is 0 Å². The Hall–Kier alpha value is -2.88. The summed E-state index contributed by atoms with van der Waals surface area (Å²) in [4.78, 5) is 19.6. The van der Waals surface area contributed by atoms with Gasteiger partial charge in [-0.1, -0.05) is 18.2 Å². The molecule has 0 N–H and O–H groups in total. The monoisotopic (exact) mass is 345 g/mol. The predicted octanol–water partition coefficient (Wildman–Crippen LogP) is 4.30. The molecular formula is C22H23N3O. The number of pyridine rings is 1. The van der Waals surface area contributed by atoms with Crippen LogP contribution in [0.3, 0.4) is 0 Å². The largest absolute Gasteiger partial charge is 0.350 e. The highest BCUT2D eigenvalue weighted by molar-refractivity contribution is 5.95. The summed E-state index contributed by atoms with van der Waals surface area (Å²) >= 11 is 0. The number of hydrogen-bond acceptors (Lipinski definition) is 2. The third-order valence-electron chi connectivity index (χ3n) is 4.94. The van der Waals surface area contributed by atoms with Crippen LogP contribution in [0.1, 0.15) is 47.4 Å². The maximum absolute atomic E-state index is 13.2. The van der Waals surface area contributed by atoms with Gasteiger partial charge in [-0.2, -0.15) is 0 Å². The lowest BCUT2D eigenvalue weighted by atomic mass is 10.1. The minimum atomic E-state index is -0.0178. The van der Waals surface area contributed by atoms with E-state index < -0.39 is 0 Å². The van der Waals surface area contributed by atoms with Crippen molar-refractivity contribution in [3.8, 4) is 0 Å². The first-order chi connectivity index (χ1) is 12.7. The molecule has 132 valence electrons. The molecule has 4 nitrogen and oxygen atoms in total. The molecule has 2 heterocycles. The van der Waals surface area contributed by atoms with Crippen molar-refractivity contribution in [3.05, 3.63) is 90.0 Å². The molecule has 0 radical (unpaired) electrons. The van der Waals surface area contributed by atoms with Gasteiger partial charge in [0, 0.05) is 36.7 Å². The van der Waals surface area contributed by atoms with Gasteiger partial charge in [-0.05, 0) is 61.7 Å². The zero-order chi connectivity index (χ0) is 17.9. The topological polar surface area (TPSA) is 38.1 Å². The van der Waals surface area contributed by atoms with Gasteiger partial charge in [-0.15, -0.1) is 0 Å². The van der Waals surface area contributed by atoms with Crippen LogP contribution in [0.15, 0.2) is 73.2 Å². The second-order valence-corrected chi connectivity index (χ2v) is 6.93. The molecule has 0 unspecified atom stereocenters. The molecule has 1 aliphatic rings. The molecule has 1 saturated carbocycles. The molecule has 0 aliphatic heterocycles. The third kappa shape index (κ3) is 3.54. The minimum Gasteiger partial charge on any atom is -0.350 e. The van der Waals surface area contributed by atoms with Crippen LogP contribution < -0.4 is 0 Å². The van der Waals surface area contributed by atoms with Gasteiger partial charge in [-0.3, -0.25) is 9.78 Å². The van der Waals surface area contributed by atoms with Crippen LogP contribution in [0.5, 0.6) is 0 Å². The van der Waals surface area contributed by atoms with E-state index in [9.17, 15) is 4.79 Å². The SMILES string of the molecule is C[C@H](c1ccccn1)N(C(=O)c1ccc(Cn2cccc2)cc1)C1CC1. The maximum atomic E-state index is 13.2. The molecule has 1 aromatic carbocycles. The molecule has 1 amide bonds. The van der Waals surface area contributed by atoms with Gasteiger partial charge in [0.2, 0.25) is 0 Å². The minimum absolute atomic E-state index is 0.0178. The van der Waals surface area contributed by atoms with E-state index in [0.29, 0.717) is 6.04 Å². The standard InChI is InChI=1S/C22H23N3O/c1-17(21-6-2-3-13-23-21)25(20-11-12-20)22(26)19-9-7-18(8-10-19)16-24-14-4-5-15-24/h2-10,13-15,17,20H,11-12,16H2,1H3/t17-/m1/s1. The van der Waals surface area contributed by atoms with Crippen LogP contribution >= 0.6 is 0 Å². The number of benzene rings is 1. The summed E-state index contributed by atoms with van der Waals surface area (Å²) in [5, 5.41) is 0. The molecule has 0 saturated heterocycles.